The quantitative estimate of drug-likeness (QED) is 0.665. The smallest absolute Gasteiger partial charge is 0.0611 e. The van der Waals surface area contributed by atoms with E-state index in [1.807, 2.05) is 0 Å². The summed E-state index contributed by atoms with van der Waals surface area (Å²) in [5.41, 5.74) is -0.124. The van der Waals surface area contributed by atoms with Gasteiger partial charge in [-0.2, -0.15) is 0 Å². The van der Waals surface area contributed by atoms with Crippen molar-refractivity contribution < 1.29 is 5.11 Å². The van der Waals surface area contributed by atoms with Crippen LogP contribution in [0.25, 0.3) is 0 Å². The third-order valence-electron chi connectivity index (χ3n) is 4.31. The lowest BCUT2D eigenvalue weighted by Gasteiger charge is -2.39. The summed E-state index contributed by atoms with van der Waals surface area (Å²) in [6, 6.07) is 1.77. The number of aliphatic hydroxyl groups excluding tert-OH is 1. The van der Waals surface area contributed by atoms with E-state index in [0.717, 1.165) is 13.0 Å². The Morgan fingerprint density at radius 2 is 1.89 bits per heavy atom. The molecule has 0 aromatic heterocycles. The van der Waals surface area contributed by atoms with Crippen LogP contribution in [-0.4, -0.2) is 46.8 Å². The molecule has 18 heavy (non-hydrogen) atoms. The summed E-state index contributed by atoms with van der Waals surface area (Å²) in [4.78, 5) is 2.54. The fraction of sp³-hybridized carbons (Fsp3) is 1.00. The monoisotopic (exact) mass is 256 g/mol. The minimum Gasteiger partial charge on any atom is -0.394 e. The van der Waals surface area contributed by atoms with Crippen LogP contribution in [0, 0.1) is 0 Å². The van der Waals surface area contributed by atoms with Gasteiger partial charge in [0.15, 0.2) is 0 Å². The Morgan fingerprint density at radius 1 is 1.28 bits per heavy atom. The van der Waals surface area contributed by atoms with Crippen LogP contribution in [-0.2, 0) is 0 Å². The van der Waals surface area contributed by atoms with E-state index in [4.69, 9.17) is 0 Å². The Kier molecular flexibility index (Phi) is 6.09. The average molecular weight is 256 g/mol. The van der Waals surface area contributed by atoms with Gasteiger partial charge in [0.2, 0.25) is 0 Å². The van der Waals surface area contributed by atoms with Crippen molar-refractivity contribution in [2.75, 3.05) is 13.2 Å². The molecule has 0 bridgehead atoms. The lowest BCUT2D eigenvalue weighted by atomic mass is 9.92. The normalized spacial score (nSPS) is 22.8. The Morgan fingerprint density at radius 3 is 2.28 bits per heavy atom. The number of aliphatic hydroxyl groups is 1. The van der Waals surface area contributed by atoms with Crippen LogP contribution in [0.2, 0.25) is 0 Å². The molecule has 0 radical (unpaired) electrons. The molecule has 0 aliphatic heterocycles. The van der Waals surface area contributed by atoms with Gasteiger partial charge >= 0.3 is 0 Å². The van der Waals surface area contributed by atoms with Gasteiger partial charge in [-0.3, -0.25) is 4.90 Å². The zero-order valence-electron chi connectivity index (χ0n) is 12.9. The van der Waals surface area contributed by atoms with Gasteiger partial charge in [0.1, 0.15) is 0 Å². The maximum absolute atomic E-state index is 9.68. The van der Waals surface area contributed by atoms with Crippen molar-refractivity contribution in [2.24, 2.45) is 0 Å². The molecule has 0 spiro atoms. The van der Waals surface area contributed by atoms with Gasteiger partial charge in [-0.05, 0) is 53.0 Å². The minimum absolute atomic E-state index is 0.124. The predicted octanol–water partition coefficient (Wildman–Crippen LogP) is 2.39. The number of hydrogen-bond donors (Lipinski definition) is 2. The predicted molar refractivity (Wildman–Crippen MR) is 77.9 cm³/mol. The summed E-state index contributed by atoms with van der Waals surface area (Å²) in [5, 5.41) is 13.3. The first-order valence-electron chi connectivity index (χ1n) is 7.60. The van der Waals surface area contributed by atoms with E-state index in [9.17, 15) is 5.11 Å². The van der Waals surface area contributed by atoms with Gasteiger partial charge in [0.05, 0.1) is 6.61 Å². The standard InChI is InChI=1S/C15H32N2O/c1-6-12(3)17(7-2)13(4)10-15(5,11-18)16-14-8-9-14/h12-14,16,18H,6-11H2,1-5H3. The Bertz CT molecular complexity index is 243. The Labute approximate surface area is 113 Å². The molecular formula is C15H32N2O. The van der Waals surface area contributed by atoms with Gasteiger partial charge < -0.3 is 10.4 Å². The van der Waals surface area contributed by atoms with Crippen molar-refractivity contribution in [3.63, 3.8) is 0 Å². The summed E-state index contributed by atoms with van der Waals surface area (Å²) < 4.78 is 0. The molecular weight excluding hydrogens is 224 g/mol. The van der Waals surface area contributed by atoms with Crippen molar-refractivity contribution in [1.82, 2.24) is 10.2 Å². The summed E-state index contributed by atoms with van der Waals surface area (Å²) >= 11 is 0. The summed E-state index contributed by atoms with van der Waals surface area (Å²) in [5.74, 6) is 0. The number of nitrogens with one attached hydrogen (secondary N) is 1. The van der Waals surface area contributed by atoms with E-state index in [0.29, 0.717) is 18.1 Å². The van der Waals surface area contributed by atoms with Crippen molar-refractivity contribution in [1.29, 1.82) is 0 Å². The second kappa shape index (κ2) is 6.88. The molecule has 2 N–H and O–H groups in total. The van der Waals surface area contributed by atoms with Gasteiger partial charge in [-0.1, -0.05) is 13.8 Å². The SMILES string of the molecule is CCC(C)N(CC)C(C)CC(C)(CO)NC1CC1. The molecule has 1 saturated carbocycles. The largest absolute Gasteiger partial charge is 0.394 e. The molecule has 1 rings (SSSR count). The number of rotatable bonds is 9. The van der Waals surface area contributed by atoms with E-state index in [1.54, 1.807) is 0 Å². The zero-order valence-corrected chi connectivity index (χ0v) is 12.9. The minimum atomic E-state index is -0.124. The second-order valence-electron chi connectivity index (χ2n) is 6.28. The highest BCUT2D eigenvalue weighted by Crippen LogP contribution is 2.26. The van der Waals surface area contributed by atoms with E-state index < -0.39 is 0 Å². The Balaban J connectivity index is 2.55. The van der Waals surface area contributed by atoms with Crippen molar-refractivity contribution >= 4 is 0 Å². The van der Waals surface area contributed by atoms with Crippen LogP contribution in [0.5, 0.6) is 0 Å². The second-order valence-corrected chi connectivity index (χ2v) is 6.28. The van der Waals surface area contributed by atoms with Gasteiger partial charge in [-0.25, -0.2) is 0 Å². The molecule has 108 valence electrons. The van der Waals surface area contributed by atoms with E-state index in [2.05, 4.69) is 44.8 Å². The van der Waals surface area contributed by atoms with Gasteiger partial charge in [0.25, 0.3) is 0 Å². The highest BCUT2D eigenvalue weighted by Gasteiger charge is 2.34. The van der Waals surface area contributed by atoms with Crippen molar-refractivity contribution in [3.8, 4) is 0 Å². The highest BCUT2D eigenvalue weighted by molar-refractivity contribution is 4.94. The summed E-state index contributed by atoms with van der Waals surface area (Å²) in [7, 11) is 0. The number of nitrogens with zero attached hydrogens (tertiary/aromatic N) is 1. The molecule has 3 nitrogen and oxygen atoms in total. The maximum atomic E-state index is 9.68. The maximum Gasteiger partial charge on any atom is 0.0611 e. The molecule has 1 fully saturated rings. The van der Waals surface area contributed by atoms with Crippen molar-refractivity contribution in [3.05, 3.63) is 0 Å². The lowest BCUT2D eigenvalue weighted by molar-refractivity contribution is 0.0936. The van der Waals surface area contributed by atoms with Gasteiger partial charge in [-0.15, -0.1) is 0 Å². The third kappa shape index (κ3) is 4.52. The van der Waals surface area contributed by atoms with Crippen LogP contribution in [0.15, 0.2) is 0 Å². The molecule has 3 unspecified atom stereocenters. The molecule has 0 heterocycles. The first-order valence-corrected chi connectivity index (χ1v) is 7.60. The van der Waals surface area contributed by atoms with E-state index in [-0.39, 0.29) is 12.1 Å². The molecule has 3 heteroatoms. The topological polar surface area (TPSA) is 35.5 Å². The molecule has 0 saturated heterocycles. The third-order valence-corrected chi connectivity index (χ3v) is 4.31. The first kappa shape index (κ1) is 15.9. The molecule has 1 aliphatic rings. The summed E-state index contributed by atoms with van der Waals surface area (Å²) in [6.45, 7) is 12.5. The molecule has 0 aromatic carbocycles. The van der Waals surface area contributed by atoms with Crippen LogP contribution in [0.3, 0.4) is 0 Å². The molecule has 1 aliphatic carbocycles. The molecule has 0 aromatic rings. The van der Waals surface area contributed by atoms with E-state index >= 15 is 0 Å². The molecule has 0 amide bonds. The van der Waals surface area contributed by atoms with Crippen LogP contribution in [0.4, 0.5) is 0 Å². The average Bonchev–Trinajstić information content (AvgIpc) is 3.13. The lowest BCUT2D eigenvalue weighted by Crippen LogP contribution is -2.52. The summed E-state index contributed by atoms with van der Waals surface area (Å²) in [6.07, 6.45) is 4.74. The van der Waals surface area contributed by atoms with Crippen LogP contribution in [0.1, 0.15) is 60.3 Å². The fourth-order valence-corrected chi connectivity index (χ4v) is 2.95. The highest BCUT2D eigenvalue weighted by atomic mass is 16.3. The fourth-order valence-electron chi connectivity index (χ4n) is 2.95. The van der Waals surface area contributed by atoms with Crippen molar-refractivity contribution in [2.45, 2.75) is 84.0 Å². The number of hydrogen-bond acceptors (Lipinski definition) is 3. The zero-order chi connectivity index (χ0) is 13.8. The van der Waals surface area contributed by atoms with Gasteiger partial charge in [0, 0.05) is 23.7 Å². The molecule has 3 atom stereocenters. The van der Waals surface area contributed by atoms with Crippen LogP contribution < -0.4 is 5.32 Å². The first-order chi connectivity index (χ1) is 8.45. The van der Waals surface area contributed by atoms with Crippen LogP contribution >= 0.6 is 0 Å². The van der Waals surface area contributed by atoms with E-state index in [1.165, 1.54) is 19.3 Å². The Hall–Kier alpha value is -0.120.